The fourth-order valence-corrected chi connectivity index (χ4v) is 2.44. The van der Waals surface area contributed by atoms with Gasteiger partial charge in [0.05, 0.1) is 0 Å². The largest absolute Gasteiger partial charge is 0.505 e. The summed E-state index contributed by atoms with van der Waals surface area (Å²) in [6.45, 7) is 2.02. The van der Waals surface area contributed by atoms with Gasteiger partial charge in [0.15, 0.2) is 0 Å². The lowest BCUT2D eigenvalue weighted by Gasteiger charge is -2.08. The lowest BCUT2D eigenvalue weighted by Crippen LogP contribution is -1.87. The highest BCUT2D eigenvalue weighted by atomic mass is 16.3. The van der Waals surface area contributed by atoms with Gasteiger partial charge in [0.1, 0.15) is 11.3 Å². The van der Waals surface area contributed by atoms with E-state index < -0.39 is 0 Å². The van der Waals surface area contributed by atoms with Gasteiger partial charge in [-0.2, -0.15) is 0 Å². The monoisotopic (exact) mass is 275 g/mol. The molecule has 0 fully saturated rings. The molecule has 3 aromatic rings. The Hall–Kier alpha value is -2.61. The van der Waals surface area contributed by atoms with E-state index in [1.807, 2.05) is 49.4 Å². The van der Waals surface area contributed by atoms with E-state index in [1.165, 1.54) is 5.56 Å². The fourth-order valence-electron chi connectivity index (χ4n) is 2.44. The maximum Gasteiger partial charge on any atom is 0.149 e. The van der Waals surface area contributed by atoms with Crippen molar-refractivity contribution in [3.63, 3.8) is 0 Å². The number of fused-ring (bicyclic) bond motifs is 1. The molecule has 2 aromatic carbocycles. The number of aromatic hydroxyl groups is 1. The van der Waals surface area contributed by atoms with Crippen molar-refractivity contribution >= 4 is 16.5 Å². The van der Waals surface area contributed by atoms with Crippen LogP contribution in [0.4, 0.5) is 0 Å². The maximum absolute atomic E-state index is 10.4. The minimum absolute atomic E-state index is 0.259. The van der Waals surface area contributed by atoms with Crippen LogP contribution in [0.15, 0.2) is 66.9 Å². The Morgan fingerprint density at radius 1 is 1.05 bits per heavy atom. The predicted molar refractivity (Wildman–Crippen MR) is 87.2 cm³/mol. The van der Waals surface area contributed by atoms with Gasteiger partial charge in [0.25, 0.3) is 0 Å². The summed E-state index contributed by atoms with van der Waals surface area (Å²) < 4.78 is 0. The lowest BCUT2D eigenvalue weighted by molar-refractivity contribution is 0.478. The smallest absolute Gasteiger partial charge is 0.149 e. The highest BCUT2D eigenvalue weighted by molar-refractivity contribution is 5.89. The third-order valence-electron chi connectivity index (χ3n) is 3.66. The predicted octanol–water partition coefficient (Wildman–Crippen LogP) is 4.59. The Morgan fingerprint density at radius 2 is 1.86 bits per heavy atom. The molecule has 21 heavy (non-hydrogen) atoms. The van der Waals surface area contributed by atoms with Crippen molar-refractivity contribution in [2.75, 3.05) is 0 Å². The minimum atomic E-state index is 0.259. The van der Waals surface area contributed by atoms with Crippen LogP contribution in [0.5, 0.6) is 5.75 Å². The first kappa shape index (κ1) is 13.4. The molecule has 3 rings (SSSR count). The number of phenolic OH excluding ortho intramolecular Hbond substituents is 1. The first-order valence-electron chi connectivity index (χ1n) is 7.03. The van der Waals surface area contributed by atoms with Crippen LogP contribution in [-0.2, 0) is 6.42 Å². The van der Waals surface area contributed by atoms with Crippen LogP contribution in [0.25, 0.3) is 16.5 Å². The Labute approximate surface area is 124 Å². The molecule has 0 saturated carbocycles. The minimum Gasteiger partial charge on any atom is -0.505 e. The second-order valence-electron chi connectivity index (χ2n) is 5.11. The van der Waals surface area contributed by atoms with E-state index in [1.54, 1.807) is 6.20 Å². The highest BCUT2D eigenvalue weighted by Crippen LogP contribution is 2.31. The standard InChI is InChI=1S/C19H17NO/c1-14(9-10-15-6-3-2-4-7-15)17-12-11-16-8-5-13-20-18(16)19(17)21/h2-9,11-13,21H,10H2,1H3. The third-order valence-corrected chi connectivity index (χ3v) is 3.66. The molecule has 1 aromatic heterocycles. The zero-order valence-electron chi connectivity index (χ0n) is 12.0. The average molecular weight is 275 g/mol. The Balaban J connectivity index is 1.94. The van der Waals surface area contributed by atoms with E-state index in [0.29, 0.717) is 5.52 Å². The third kappa shape index (κ3) is 2.79. The number of phenols is 1. The summed E-state index contributed by atoms with van der Waals surface area (Å²) in [5.41, 5.74) is 3.82. The first-order valence-corrected chi connectivity index (χ1v) is 7.03. The van der Waals surface area contributed by atoms with Crippen molar-refractivity contribution in [1.82, 2.24) is 4.98 Å². The van der Waals surface area contributed by atoms with Gasteiger partial charge in [-0.15, -0.1) is 0 Å². The molecule has 0 radical (unpaired) electrons. The zero-order chi connectivity index (χ0) is 14.7. The summed E-state index contributed by atoms with van der Waals surface area (Å²) in [6, 6.07) is 18.1. The van der Waals surface area contributed by atoms with Crippen LogP contribution in [0.2, 0.25) is 0 Å². The van der Waals surface area contributed by atoms with Gasteiger partial charge in [-0.05, 0) is 30.5 Å². The van der Waals surface area contributed by atoms with Crippen LogP contribution >= 0.6 is 0 Å². The Kier molecular flexibility index (Phi) is 3.69. The Bertz CT molecular complexity index is 791. The van der Waals surface area contributed by atoms with Gasteiger partial charge in [-0.3, -0.25) is 4.98 Å². The van der Waals surface area contributed by atoms with Gasteiger partial charge in [0.2, 0.25) is 0 Å². The SMILES string of the molecule is CC(=CCc1ccccc1)c1ccc2cccnc2c1O. The maximum atomic E-state index is 10.4. The number of allylic oxidation sites excluding steroid dienone is 2. The number of hydrogen-bond donors (Lipinski definition) is 1. The summed E-state index contributed by atoms with van der Waals surface area (Å²) in [4.78, 5) is 4.26. The molecule has 0 aliphatic carbocycles. The van der Waals surface area contributed by atoms with Gasteiger partial charge in [0, 0.05) is 17.1 Å². The molecule has 2 nitrogen and oxygen atoms in total. The first-order chi connectivity index (χ1) is 10.3. The highest BCUT2D eigenvalue weighted by Gasteiger charge is 2.08. The van der Waals surface area contributed by atoms with E-state index in [0.717, 1.165) is 22.9 Å². The van der Waals surface area contributed by atoms with E-state index in [9.17, 15) is 5.11 Å². The number of hydrogen-bond acceptors (Lipinski definition) is 2. The molecule has 1 N–H and O–H groups in total. The average Bonchev–Trinajstić information content (AvgIpc) is 2.54. The zero-order valence-corrected chi connectivity index (χ0v) is 12.0. The molecule has 104 valence electrons. The second kappa shape index (κ2) is 5.80. The number of aromatic nitrogens is 1. The molecule has 0 aliphatic rings. The lowest BCUT2D eigenvalue weighted by atomic mass is 10.0. The molecular weight excluding hydrogens is 258 g/mol. The van der Waals surface area contributed by atoms with E-state index in [-0.39, 0.29) is 5.75 Å². The molecular formula is C19H17NO. The van der Waals surface area contributed by atoms with E-state index in [4.69, 9.17) is 0 Å². The molecule has 0 aliphatic heterocycles. The Morgan fingerprint density at radius 3 is 2.67 bits per heavy atom. The van der Waals surface area contributed by atoms with Gasteiger partial charge in [-0.1, -0.05) is 54.6 Å². The molecule has 0 spiro atoms. The van der Waals surface area contributed by atoms with Crippen LogP contribution in [0.3, 0.4) is 0 Å². The molecule has 0 atom stereocenters. The summed E-state index contributed by atoms with van der Waals surface area (Å²) in [7, 11) is 0. The number of pyridine rings is 1. The topological polar surface area (TPSA) is 33.1 Å². The van der Waals surface area contributed by atoms with Crippen molar-refractivity contribution in [1.29, 1.82) is 0 Å². The fraction of sp³-hybridized carbons (Fsp3) is 0.105. The molecule has 0 saturated heterocycles. The second-order valence-corrected chi connectivity index (χ2v) is 5.11. The van der Waals surface area contributed by atoms with Crippen molar-refractivity contribution < 1.29 is 5.11 Å². The molecule has 0 amide bonds. The summed E-state index contributed by atoms with van der Waals surface area (Å²) >= 11 is 0. The molecule has 2 heteroatoms. The van der Waals surface area contributed by atoms with Crippen molar-refractivity contribution in [3.05, 3.63) is 78.0 Å². The number of nitrogens with zero attached hydrogens (tertiary/aromatic N) is 1. The number of rotatable bonds is 3. The van der Waals surface area contributed by atoms with Crippen molar-refractivity contribution in [2.24, 2.45) is 0 Å². The summed E-state index contributed by atoms with van der Waals surface area (Å²) in [5.74, 6) is 0.259. The van der Waals surface area contributed by atoms with E-state index in [2.05, 4.69) is 23.2 Å². The summed E-state index contributed by atoms with van der Waals surface area (Å²) in [5, 5.41) is 11.4. The molecule has 0 bridgehead atoms. The molecule has 1 heterocycles. The van der Waals surface area contributed by atoms with Crippen LogP contribution < -0.4 is 0 Å². The van der Waals surface area contributed by atoms with E-state index >= 15 is 0 Å². The van der Waals surface area contributed by atoms with Crippen molar-refractivity contribution in [3.8, 4) is 5.75 Å². The van der Waals surface area contributed by atoms with Gasteiger partial charge < -0.3 is 5.11 Å². The number of benzene rings is 2. The van der Waals surface area contributed by atoms with Crippen LogP contribution in [0.1, 0.15) is 18.1 Å². The van der Waals surface area contributed by atoms with Gasteiger partial charge >= 0.3 is 0 Å². The van der Waals surface area contributed by atoms with Crippen LogP contribution in [0, 0.1) is 0 Å². The quantitative estimate of drug-likeness (QED) is 0.758. The van der Waals surface area contributed by atoms with Gasteiger partial charge in [-0.25, -0.2) is 0 Å². The summed E-state index contributed by atoms with van der Waals surface area (Å²) in [6.07, 6.45) is 4.69. The normalized spacial score (nSPS) is 11.8. The molecule has 0 unspecified atom stereocenters. The van der Waals surface area contributed by atoms with Crippen molar-refractivity contribution in [2.45, 2.75) is 13.3 Å². The van der Waals surface area contributed by atoms with Crippen LogP contribution in [-0.4, -0.2) is 10.1 Å².